The highest BCUT2D eigenvalue weighted by Gasteiger charge is 2.42. The lowest BCUT2D eigenvalue weighted by Crippen LogP contribution is -2.50. The highest BCUT2D eigenvalue weighted by Crippen LogP contribution is 2.35. The molecule has 0 bridgehead atoms. The molecule has 1 aliphatic rings. The molecule has 5 heteroatoms. The van der Waals surface area contributed by atoms with Gasteiger partial charge in [-0.3, -0.25) is 14.7 Å². The number of likely N-dealkylation sites (tertiary alicyclic amines) is 1. The van der Waals surface area contributed by atoms with Crippen molar-refractivity contribution >= 4 is 16.8 Å². The number of carbonyl (C=O) groups excluding carboxylic acids is 1. The van der Waals surface area contributed by atoms with Crippen LogP contribution in [0.15, 0.2) is 36.5 Å². The van der Waals surface area contributed by atoms with E-state index in [0.29, 0.717) is 13.0 Å². The van der Waals surface area contributed by atoms with Crippen molar-refractivity contribution in [2.75, 3.05) is 27.3 Å². The van der Waals surface area contributed by atoms with E-state index in [2.05, 4.69) is 39.5 Å². The minimum Gasteiger partial charge on any atom is -0.383 e. The van der Waals surface area contributed by atoms with Gasteiger partial charge in [-0.2, -0.15) is 0 Å². The molecule has 24 heavy (non-hydrogen) atoms. The predicted octanol–water partition coefficient (Wildman–Crippen LogP) is 2.35. The number of para-hydroxylation sites is 1. The minimum atomic E-state index is -0.230. The average molecular weight is 327 g/mol. The number of hydrogen-bond acceptors (Lipinski definition) is 4. The van der Waals surface area contributed by atoms with Crippen molar-refractivity contribution in [2.45, 2.75) is 31.3 Å². The first-order valence-electron chi connectivity index (χ1n) is 8.46. The van der Waals surface area contributed by atoms with Crippen LogP contribution in [0.5, 0.6) is 0 Å². The third kappa shape index (κ3) is 3.28. The van der Waals surface area contributed by atoms with Gasteiger partial charge in [0.15, 0.2) is 0 Å². The molecule has 0 spiro atoms. The van der Waals surface area contributed by atoms with Crippen molar-refractivity contribution < 1.29 is 9.53 Å². The third-order valence-corrected chi connectivity index (χ3v) is 5.00. The molecule has 0 radical (unpaired) electrons. The molecule has 1 aromatic carbocycles. The van der Waals surface area contributed by atoms with E-state index in [1.807, 2.05) is 12.3 Å². The maximum Gasteiger partial charge on any atom is 0.221 e. The molecule has 1 saturated heterocycles. The van der Waals surface area contributed by atoms with Gasteiger partial charge in [-0.25, -0.2) is 0 Å². The molecule has 2 heterocycles. The van der Waals surface area contributed by atoms with Crippen molar-refractivity contribution in [1.29, 1.82) is 0 Å². The number of hydrogen-bond donors (Lipinski definition) is 1. The molecule has 1 fully saturated rings. The number of ether oxygens (including phenoxy) is 1. The van der Waals surface area contributed by atoms with E-state index >= 15 is 0 Å². The van der Waals surface area contributed by atoms with Crippen LogP contribution in [0, 0.1) is 0 Å². The number of benzene rings is 1. The normalized spacial score (nSPS) is 21.2. The number of amides is 1. The van der Waals surface area contributed by atoms with Crippen LogP contribution in [-0.4, -0.2) is 48.6 Å². The van der Waals surface area contributed by atoms with Crippen LogP contribution in [0.3, 0.4) is 0 Å². The van der Waals surface area contributed by atoms with Gasteiger partial charge >= 0.3 is 0 Å². The van der Waals surface area contributed by atoms with E-state index in [0.717, 1.165) is 36.8 Å². The number of fused-ring (bicyclic) bond motifs is 1. The summed E-state index contributed by atoms with van der Waals surface area (Å²) in [6.07, 6.45) is 4.36. The van der Waals surface area contributed by atoms with Crippen molar-refractivity contribution in [1.82, 2.24) is 15.2 Å². The summed E-state index contributed by atoms with van der Waals surface area (Å²) in [7, 11) is 3.40. The predicted molar refractivity (Wildman–Crippen MR) is 94.7 cm³/mol. The molecule has 128 valence electrons. The van der Waals surface area contributed by atoms with Crippen LogP contribution >= 0.6 is 0 Å². The molecule has 1 aromatic heterocycles. The number of carbonyl (C=O) groups is 1. The highest BCUT2D eigenvalue weighted by molar-refractivity contribution is 5.81. The smallest absolute Gasteiger partial charge is 0.221 e. The SMILES string of the molecule is CNC(=O)C[C@]1(COC)CCCN1Cc1cccc2cccnc12. The average Bonchev–Trinajstić information content (AvgIpc) is 2.97. The topological polar surface area (TPSA) is 54.5 Å². The number of nitrogens with zero attached hydrogens (tertiary/aromatic N) is 2. The number of aromatic nitrogens is 1. The fourth-order valence-electron chi connectivity index (χ4n) is 3.81. The van der Waals surface area contributed by atoms with E-state index in [9.17, 15) is 4.79 Å². The Morgan fingerprint density at radius 2 is 2.21 bits per heavy atom. The number of nitrogens with one attached hydrogen (secondary N) is 1. The molecule has 1 atom stereocenters. The van der Waals surface area contributed by atoms with E-state index in [4.69, 9.17) is 4.74 Å². The van der Waals surface area contributed by atoms with Gasteiger partial charge in [0, 0.05) is 38.7 Å². The zero-order valence-corrected chi connectivity index (χ0v) is 14.4. The molecular weight excluding hydrogens is 302 g/mol. The zero-order valence-electron chi connectivity index (χ0n) is 14.4. The highest BCUT2D eigenvalue weighted by atomic mass is 16.5. The lowest BCUT2D eigenvalue weighted by atomic mass is 9.91. The molecular formula is C19H25N3O2. The fourth-order valence-corrected chi connectivity index (χ4v) is 3.81. The van der Waals surface area contributed by atoms with Crippen molar-refractivity contribution in [3.05, 3.63) is 42.1 Å². The van der Waals surface area contributed by atoms with Crippen LogP contribution in [0.2, 0.25) is 0 Å². The summed E-state index contributed by atoms with van der Waals surface area (Å²) in [5, 5.41) is 3.91. The Kier molecular flexibility index (Phi) is 5.11. The van der Waals surface area contributed by atoms with Gasteiger partial charge in [-0.05, 0) is 31.0 Å². The summed E-state index contributed by atoms with van der Waals surface area (Å²) in [4.78, 5) is 19.0. The largest absolute Gasteiger partial charge is 0.383 e. The van der Waals surface area contributed by atoms with Crippen LogP contribution < -0.4 is 5.32 Å². The Morgan fingerprint density at radius 1 is 1.38 bits per heavy atom. The van der Waals surface area contributed by atoms with Crippen LogP contribution in [0.25, 0.3) is 10.9 Å². The first-order valence-corrected chi connectivity index (χ1v) is 8.46. The summed E-state index contributed by atoms with van der Waals surface area (Å²) < 4.78 is 5.49. The quantitative estimate of drug-likeness (QED) is 0.885. The first-order chi connectivity index (χ1) is 11.7. The molecule has 5 nitrogen and oxygen atoms in total. The maximum absolute atomic E-state index is 12.1. The van der Waals surface area contributed by atoms with Crippen molar-refractivity contribution in [3.8, 4) is 0 Å². The third-order valence-electron chi connectivity index (χ3n) is 5.00. The first kappa shape index (κ1) is 16.9. The monoisotopic (exact) mass is 327 g/mol. The number of rotatable bonds is 6. The lowest BCUT2D eigenvalue weighted by molar-refractivity contribution is -0.124. The summed E-state index contributed by atoms with van der Waals surface area (Å²) in [6, 6.07) is 10.3. The van der Waals surface area contributed by atoms with Crippen molar-refractivity contribution in [2.24, 2.45) is 0 Å². The lowest BCUT2D eigenvalue weighted by Gasteiger charge is -2.37. The molecule has 0 aliphatic carbocycles. The van der Waals surface area contributed by atoms with Crippen LogP contribution in [0.4, 0.5) is 0 Å². The van der Waals surface area contributed by atoms with Crippen LogP contribution in [0.1, 0.15) is 24.8 Å². The zero-order chi connectivity index (χ0) is 17.0. The second-order valence-corrected chi connectivity index (χ2v) is 6.52. The van der Waals surface area contributed by atoms with Gasteiger partial charge < -0.3 is 10.1 Å². The van der Waals surface area contributed by atoms with Gasteiger partial charge in [0.05, 0.1) is 17.7 Å². The van der Waals surface area contributed by atoms with Gasteiger partial charge in [-0.15, -0.1) is 0 Å². The molecule has 0 unspecified atom stereocenters. The Balaban J connectivity index is 1.90. The summed E-state index contributed by atoms with van der Waals surface area (Å²) in [6.45, 7) is 2.33. The van der Waals surface area contributed by atoms with E-state index in [-0.39, 0.29) is 11.4 Å². The Hall–Kier alpha value is -1.98. The maximum atomic E-state index is 12.1. The van der Waals surface area contributed by atoms with E-state index in [1.54, 1.807) is 14.2 Å². The molecule has 1 amide bonds. The summed E-state index contributed by atoms with van der Waals surface area (Å²) >= 11 is 0. The van der Waals surface area contributed by atoms with E-state index < -0.39 is 0 Å². The Labute approximate surface area is 143 Å². The number of methoxy groups -OCH3 is 1. The molecule has 1 aliphatic heterocycles. The second-order valence-electron chi connectivity index (χ2n) is 6.52. The fraction of sp³-hybridized carbons (Fsp3) is 0.474. The molecule has 3 rings (SSSR count). The Bertz CT molecular complexity index is 713. The minimum absolute atomic E-state index is 0.0648. The molecule has 2 aromatic rings. The summed E-state index contributed by atoms with van der Waals surface area (Å²) in [5.74, 6) is 0.0648. The van der Waals surface area contributed by atoms with Gasteiger partial charge in [0.1, 0.15) is 0 Å². The van der Waals surface area contributed by atoms with Gasteiger partial charge in [0.25, 0.3) is 0 Å². The van der Waals surface area contributed by atoms with Gasteiger partial charge in [0.2, 0.25) is 5.91 Å². The van der Waals surface area contributed by atoms with E-state index in [1.165, 1.54) is 5.56 Å². The summed E-state index contributed by atoms with van der Waals surface area (Å²) in [5.41, 5.74) is 2.01. The van der Waals surface area contributed by atoms with Crippen LogP contribution in [-0.2, 0) is 16.1 Å². The standard InChI is InChI=1S/C19H25N3O2/c1-20-17(23)12-19(14-24-2)9-5-11-22(19)13-16-7-3-6-15-8-4-10-21-18(15)16/h3-4,6-8,10H,5,9,11-14H2,1-2H3,(H,20,23)/t19-/m0/s1. The molecule has 1 N–H and O–H groups in total. The Morgan fingerprint density at radius 3 is 3.00 bits per heavy atom. The second kappa shape index (κ2) is 7.28. The van der Waals surface area contributed by atoms with Crippen molar-refractivity contribution in [3.63, 3.8) is 0 Å². The van der Waals surface area contributed by atoms with Gasteiger partial charge in [-0.1, -0.05) is 24.3 Å². The number of pyridine rings is 1. The molecule has 0 saturated carbocycles.